The van der Waals surface area contributed by atoms with Gasteiger partial charge < -0.3 is 9.73 Å². The van der Waals surface area contributed by atoms with Gasteiger partial charge in [-0.05, 0) is 45.0 Å². The lowest BCUT2D eigenvalue weighted by Gasteiger charge is -2.27. The van der Waals surface area contributed by atoms with Gasteiger partial charge in [0.2, 0.25) is 0 Å². The third-order valence-corrected chi connectivity index (χ3v) is 4.13. The van der Waals surface area contributed by atoms with Crippen LogP contribution in [0.2, 0.25) is 0 Å². The zero-order valence-electron chi connectivity index (χ0n) is 12.7. The molecule has 0 radical (unpaired) electrons. The summed E-state index contributed by atoms with van der Waals surface area (Å²) >= 11 is 0. The number of hydrogen-bond donors (Lipinski definition) is 1. The average Bonchev–Trinajstić information content (AvgIpc) is 3.21. The van der Waals surface area contributed by atoms with Crippen LogP contribution >= 0.6 is 0 Å². The molecule has 0 aromatic carbocycles. The zero-order valence-corrected chi connectivity index (χ0v) is 12.7. The van der Waals surface area contributed by atoms with E-state index in [0.29, 0.717) is 6.04 Å². The predicted octanol–water partition coefficient (Wildman–Crippen LogP) is 1.90. The van der Waals surface area contributed by atoms with Gasteiger partial charge in [0.15, 0.2) is 0 Å². The molecule has 6 nitrogen and oxygen atoms in total. The lowest BCUT2D eigenvalue weighted by molar-refractivity contribution is 0.205. The van der Waals surface area contributed by atoms with Crippen molar-refractivity contribution < 1.29 is 4.42 Å². The van der Waals surface area contributed by atoms with Crippen LogP contribution in [0.3, 0.4) is 0 Å². The van der Waals surface area contributed by atoms with Crippen molar-refractivity contribution in [1.82, 2.24) is 25.2 Å². The number of rotatable bonds is 6. The maximum absolute atomic E-state index is 5.64. The Kier molecular flexibility index (Phi) is 4.36. The molecule has 0 spiro atoms. The highest BCUT2D eigenvalue weighted by Gasteiger charge is 2.26. The van der Waals surface area contributed by atoms with Gasteiger partial charge in [-0.1, -0.05) is 0 Å². The van der Waals surface area contributed by atoms with Gasteiger partial charge in [-0.15, -0.1) is 0 Å². The predicted molar refractivity (Wildman–Crippen MR) is 79.7 cm³/mol. The quantitative estimate of drug-likeness (QED) is 0.880. The monoisotopic (exact) mass is 289 g/mol. The van der Waals surface area contributed by atoms with Crippen molar-refractivity contribution >= 4 is 0 Å². The van der Waals surface area contributed by atoms with Crippen LogP contribution in [0.25, 0.3) is 0 Å². The molecule has 0 saturated carbocycles. The highest BCUT2D eigenvalue weighted by Crippen LogP contribution is 2.25. The molecule has 21 heavy (non-hydrogen) atoms. The molecule has 1 aliphatic heterocycles. The lowest BCUT2D eigenvalue weighted by atomic mass is 10.1. The van der Waals surface area contributed by atoms with Gasteiger partial charge in [0.25, 0.3) is 0 Å². The van der Waals surface area contributed by atoms with Gasteiger partial charge in [-0.2, -0.15) is 15.0 Å². The molecule has 1 aliphatic rings. The van der Waals surface area contributed by atoms with E-state index in [4.69, 9.17) is 4.42 Å². The minimum absolute atomic E-state index is 0.179. The first-order valence-electron chi connectivity index (χ1n) is 7.61. The van der Waals surface area contributed by atoms with E-state index in [9.17, 15) is 0 Å². The van der Waals surface area contributed by atoms with Gasteiger partial charge in [0, 0.05) is 13.6 Å². The highest BCUT2D eigenvalue weighted by atomic mass is 16.3. The fourth-order valence-electron chi connectivity index (χ4n) is 2.90. The molecule has 3 rings (SSSR count). The van der Waals surface area contributed by atoms with Crippen LogP contribution in [0.4, 0.5) is 0 Å². The summed E-state index contributed by atoms with van der Waals surface area (Å²) in [5.74, 6) is 1.04. The first kappa shape index (κ1) is 14.3. The molecule has 2 unspecified atom stereocenters. The summed E-state index contributed by atoms with van der Waals surface area (Å²) in [7, 11) is 1.84. The number of nitrogens with one attached hydrogen (secondary N) is 1. The van der Waals surface area contributed by atoms with Gasteiger partial charge in [0.05, 0.1) is 30.2 Å². The lowest BCUT2D eigenvalue weighted by Crippen LogP contribution is -2.35. The third-order valence-electron chi connectivity index (χ3n) is 4.13. The summed E-state index contributed by atoms with van der Waals surface area (Å²) in [6, 6.07) is 4.50. The van der Waals surface area contributed by atoms with E-state index in [2.05, 4.69) is 33.4 Å². The number of aryl methyl sites for hydroxylation is 1. The minimum Gasteiger partial charge on any atom is -0.468 e. The summed E-state index contributed by atoms with van der Waals surface area (Å²) in [6.07, 6.45) is 6.12. The second-order valence-electron chi connectivity index (χ2n) is 5.66. The summed E-state index contributed by atoms with van der Waals surface area (Å²) < 4.78 is 5.64. The van der Waals surface area contributed by atoms with E-state index in [1.807, 2.05) is 19.3 Å². The minimum atomic E-state index is 0.179. The SMILES string of the molecule is CC(NCC(c1ccco1)N1CCCC1)c1cnn(C)n1. The summed E-state index contributed by atoms with van der Waals surface area (Å²) in [4.78, 5) is 4.09. The van der Waals surface area contributed by atoms with Crippen molar-refractivity contribution in [3.8, 4) is 0 Å². The summed E-state index contributed by atoms with van der Waals surface area (Å²) in [5, 5.41) is 12.0. The second-order valence-corrected chi connectivity index (χ2v) is 5.66. The molecule has 0 aliphatic carbocycles. The smallest absolute Gasteiger partial charge is 0.122 e. The van der Waals surface area contributed by atoms with Gasteiger partial charge in [-0.25, -0.2) is 0 Å². The molecule has 2 atom stereocenters. The molecular weight excluding hydrogens is 266 g/mol. The number of hydrogen-bond acceptors (Lipinski definition) is 5. The van der Waals surface area contributed by atoms with Crippen LogP contribution in [-0.4, -0.2) is 39.5 Å². The molecule has 1 saturated heterocycles. The first-order chi connectivity index (χ1) is 10.2. The van der Waals surface area contributed by atoms with Crippen LogP contribution in [-0.2, 0) is 7.05 Å². The number of likely N-dealkylation sites (tertiary alicyclic amines) is 1. The van der Waals surface area contributed by atoms with Crippen molar-refractivity contribution in [3.63, 3.8) is 0 Å². The van der Waals surface area contributed by atoms with E-state index < -0.39 is 0 Å². The van der Waals surface area contributed by atoms with E-state index >= 15 is 0 Å². The number of aromatic nitrogens is 3. The Hall–Kier alpha value is -1.66. The Morgan fingerprint density at radius 2 is 2.19 bits per heavy atom. The Labute approximate surface area is 125 Å². The van der Waals surface area contributed by atoms with Crippen molar-refractivity contribution in [2.75, 3.05) is 19.6 Å². The Balaban J connectivity index is 1.64. The molecule has 3 heterocycles. The molecule has 1 N–H and O–H groups in total. The van der Waals surface area contributed by atoms with E-state index in [-0.39, 0.29) is 6.04 Å². The third kappa shape index (κ3) is 3.33. The van der Waals surface area contributed by atoms with Crippen molar-refractivity contribution in [2.24, 2.45) is 7.05 Å². The topological polar surface area (TPSA) is 59.1 Å². The van der Waals surface area contributed by atoms with Gasteiger partial charge >= 0.3 is 0 Å². The molecule has 1 fully saturated rings. The van der Waals surface area contributed by atoms with Crippen molar-refractivity contribution in [2.45, 2.75) is 31.8 Å². The normalized spacial score (nSPS) is 19.0. The van der Waals surface area contributed by atoms with Crippen molar-refractivity contribution in [3.05, 3.63) is 36.0 Å². The molecule has 0 bridgehead atoms. The maximum atomic E-state index is 5.64. The van der Waals surface area contributed by atoms with Crippen LogP contribution in [0.15, 0.2) is 29.0 Å². The number of furan rings is 1. The van der Waals surface area contributed by atoms with Gasteiger partial charge in [0.1, 0.15) is 5.76 Å². The maximum Gasteiger partial charge on any atom is 0.122 e. The van der Waals surface area contributed by atoms with E-state index in [0.717, 1.165) is 31.1 Å². The molecule has 114 valence electrons. The number of nitrogens with zero attached hydrogens (tertiary/aromatic N) is 4. The van der Waals surface area contributed by atoms with Crippen LogP contribution < -0.4 is 5.32 Å². The Morgan fingerprint density at radius 3 is 2.81 bits per heavy atom. The van der Waals surface area contributed by atoms with Gasteiger partial charge in [-0.3, -0.25) is 4.90 Å². The average molecular weight is 289 g/mol. The second kappa shape index (κ2) is 6.41. The first-order valence-corrected chi connectivity index (χ1v) is 7.61. The Bertz CT molecular complexity index is 544. The van der Waals surface area contributed by atoms with Crippen molar-refractivity contribution in [1.29, 1.82) is 0 Å². The molecule has 6 heteroatoms. The fourth-order valence-corrected chi connectivity index (χ4v) is 2.90. The Morgan fingerprint density at radius 1 is 1.38 bits per heavy atom. The molecular formula is C15H23N5O. The molecule has 2 aromatic heterocycles. The summed E-state index contributed by atoms with van der Waals surface area (Å²) in [5.41, 5.74) is 0.970. The van der Waals surface area contributed by atoms with Crippen LogP contribution in [0.1, 0.15) is 43.3 Å². The molecule has 2 aromatic rings. The van der Waals surface area contributed by atoms with E-state index in [1.165, 1.54) is 12.8 Å². The van der Waals surface area contributed by atoms with Crippen LogP contribution in [0.5, 0.6) is 0 Å². The standard InChI is InChI=1S/C15H23N5O/c1-12(13-10-17-19(2)18-13)16-11-14(15-6-5-9-21-15)20-7-3-4-8-20/h5-6,9-10,12,14,16H,3-4,7-8,11H2,1-2H3. The zero-order chi connectivity index (χ0) is 14.7. The largest absolute Gasteiger partial charge is 0.468 e. The highest BCUT2D eigenvalue weighted by molar-refractivity contribution is 5.07. The van der Waals surface area contributed by atoms with E-state index in [1.54, 1.807) is 11.1 Å². The molecule has 0 amide bonds. The fraction of sp³-hybridized carbons (Fsp3) is 0.600. The summed E-state index contributed by atoms with van der Waals surface area (Å²) in [6.45, 7) is 5.26. The van der Waals surface area contributed by atoms with Crippen LogP contribution in [0, 0.1) is 0 Å².